The van der Waals surface area contributed by atoms with E-state index in [9.17, 15) is 18.0 Å². The number of hydrogen-bond acceptors (Lipinski definition) is 1. The van der Waals surface area contributed by atoms with Crippen molar-refractivity contribution in [1.82, 2.24) is 0 Å². The molecular formula is C12H16BrF3O2. The van der Waals surface area contributed by atoms with E-state index in [1.807, 2.05) is 0 Å². The van der Waals surface area contributed by atoms with Crippen LogP contribution in [0.25, 0.3) is 0 Å². The highest BCUT2D eigenvalue weighted by Crippen LogP contribution is 2.60. The Morgan fingerprint density at radius 1 is 1.33 bits per heavy atom. The molecule has 2 atom stereocenters. The molecule has 0 spiro atoms. The number of carboxylic acid groups (broad SMARTS) is 1. The summed E-state index contributed by atoms with van der Waals surface area (Å²) in [6, 6.07) is 0. The van der Waals surface area contributed by atoms with E-state index in [2.05, 4.69) is 15.9 Å². The normalized spacial score (nSPS) is 27.1. The van der Waals surface area contributed by atoms with E-state index in [1.54, 1.807) is 13.8 Å². The van der Waals surface area contributed by atoms with Crippen LogP contribution in [0.2, 0.25) is 0 Å². The molecule has 0 amide bonds. The Hall–Kier alpha value is -0.520. The van der Waals surface area contributed by atoms with Crippen molar-refractivity contribution in [1.29, 1.82) is 0 Å². The van der Waals surface area contributed by atoms with Crippen molar-refractivity contribution >= 4 is 21.9 Å². The Morgan fingerprint density at radius 2 is 1.78 bits per heavy atom. The van der Waals surface area contributed by atoms with Gasteiger partial charge >= 0.3 is 5.97 Å². The van der Waals surface area contributed by atoms with E-state index < -0.39 is 42.7 Å². The summed E-state index contributed by atoms with van der Waals surface area (Å²) in [6.07, 6.45) is 1.44. The zero-order valence-corrected chi connectivity index (χ0v) is 11.8. The smallest absolute Gasteiger partial charge is 0.307 e. The number of carboxylic acids is 1. The maximum Gasteiger partial charge on any atom is 0.307 e. The van der Waals surface area contributed by atoms with Crippen molar-refractivity contribution in [2.45, 2.75) is 13.8 Å². The quantitative estimate of drug-likeness (QED) is 0.810. The first-order valence-electron chi connectivity index (χ1n) is 5.55. The topological polar surface area (TPSA) is 37.3 Å². The van der Waals surface area contributed by atoms with E-state index in [0.29, 0.717) is 0 Å². The SMILES string of the molecule is CC1(C)[C@@H](C=C(Br)C(CF)(CF)CF)[C@@H]1C(=O)O. The molecular weight excluding hydrogens is 313 g/mol. The van der Waals surface area contributed by atoms with Crippen LogP contribution in [-0.4, -0.2) is 31.1 Å². The lowest BCUT2D eigenvalue weighted by Gasteiger charge is -2.24. The van der Waals surface area contributed by atoms with Gasteiger partial charge < -0.3 is 5.11 Å². The number of allylic oxidation sites excluding steroid dienone is 2. The second-order valence-corrected chi connectivity index (χ2v) is 6.21. The van der Waals surface area contributed by atoms with E-state index in [4.69, 9.17) is 5.11 Å². The molecule has 0 aromatic carbocycles. The summed E-state index contributed by atoms with van der Waals surface area (Å²) in [5, 5.41) is 8.98. The molecule has 0 radical (unpaired) electrons. The molecule has 6 heteroatoms. The predicted octanol–water partition coefficient (Wildman–Crippen LogP) is 3.52. The first kappa shape index (κ1) is 15.5. The minimum atomic E-state index is -1.82. The Morgan fingerprint density at radius 3 is 2.06 bits per heavy atom. The fourth-order valence-electron chi connectivity index (χ4n) is 2.09. The summed E-state index contributed by atoms with van der Waals surface area (Å²) in [7, 11) is 0. The minimum absolute atomic E-state index is 0.0734. The van der Waals surface area contributed by atoms with Gasteiger partial charge in [-0.3, -0.25) is 4.79 Å². The van der Waals surface area contributed by atoms with Crippen LogP contribution in [0.4, 0.5) is 13.2 Å². The summed E-state index contributed by atoms with van der Waals surface area (Å²) >= 11 is 3.00. The van der Waals surface area contributed by atoms with Crippen LogP contribution in [0, 0.1) is 22.7 Å². The molecule has 0 aromatic heterocycles. The Balaban J connectivity index is 2.94. The van der Waals surface area contributed by atoms with Gasteiger partial charge in [-0.15, -0.1) is 0 Å². The monoisotopic (exact) mass is 328 g/mol. The van der Waals surface area contributed by atoms with Crippen molar-refractivity contribution in [2.75, 3.05) is 20.0 Å². The molecule has 104 valence electrons. The molecule has 1 saturated carbocycles. The molecule has 0 aromatic rings. The van der Waals surface area contributed by atoms with Crippen LogP contribution in [0.3, 0.4) is 0 Å². The molecule has 1 N–H and O–H groups in total. The Labute approximate surface area is 112 Å². The number of alkyl halides is 3. The highest BCUT2D eigenvalue weighted by Gasteiger charge is 2.61. The summed E-state index contributed by atoms with van der Waals surface area (Å²) in [6.45, 7) is 0.0242. The van der Waals surface area contributed by atoms with E-state index in [-0.39, 0.29) is 10.4 Å². The summed E-state index contributed by atoms with van der Waals surface area (Å²) in [4.78, 5) is 11.0. The standard InChI is InChI=1S/C12H16BrF3O2/c1-11(2)7(9(11)10(17)18)3-8(13)12(4-14,5-15)6-16/h3,7,9H,4-6H2,1-2H3,(H,17,18)/t7-,9+/m0/s1. The number of carbonyl (C=O) groups is 1. The molecule has 2 nitrogen and oxygen atoms in total. The van der Waals surface area contributed by atoms with Gasteiger partial charge in [0, 0.05) is 4.48 Å². The maximum absolute atomic E-state index is 12.8. The van der Waals surface area contributed by atoms with Gasteiger partial charge in [-0.25, -0.2) is 13.2 Å². The van der Waals surface area contributed by atoms with Crippen LogP contribution in [-0.2, 0) is 4.79 Å². The van der Waals surface area contributed by atoms with Crippen molar-refractivity contribution in [3.63, 3.8) is 0 Å². The zero-order valence-electron chi connectivity index (χ0n) is 10.2. The van der Waals surface area contributed by atoms with Crippen molar-refractivity contribution in [2.24, 2.45) is 22.7 Å². The number of hydrogen-bond donors (Lipinski definition) is 1. The number of rotatable bonds is 6. The van der Waals surface area contributed by atoms with E-state index in [0.717, 1.165) is 0 Å². The average Bonchev–Trinajstić information content (AvgIpc) is 2.83. The Kier molecular flexibility index (Phi) is 4.51. The summed E-state index contributed by atoms with van der Waals surface area (Å²) < 4.78 is 38.5. The van der Waals surface area contributed by atoms with Crippen LogP contribution in [0.15, 0.2) is 10.6 Å². The molecule has 0 bridgehead atoms. The minimum Gasteiger partial charge on any atom is -0.481 e. The van der Waals surface area contributed by atoms with Crippen molar-refractivity contribution < 1.29 is 23.1 Å². The fraction of sp³-hybridized carbons (Fsp3) is 0.750. The van der Waals surface area contributed by atoms with Gasteiger partial charge in [0.25, 0.3) is 0 Å². The van der Waals surface area contributed by atoms with Gasteiger partial charge in [0.15, 0.2) is 0 Å². The third kappa shape index (κ3) is 2.44. The number of halogens is 4. The molecule has 0 aliphatic heterocycles. The van der Waals surface area contributed by atoms with Crippen molar-refractivity contribution in [3.05, 3.63) is 10.6 Å². The van der Waals surface area contributed by atoms with Gasteiger partial charge in [0.2, 0.25) is 0 Å². The molecule has 1 aliphatic rings. The first-order chi connectivity index (χ1) is 8.26. The molecule has 0 heterocycles. The van der Waals surface area contributed by atoms with Gasteiger partial charge in [-0.05, 0) is 11.3 Å². The largest absolute Gasteiger partial charge is 0.481 e. The maximum atomic E-state index is 12.8. The molecule has 1 aliphatic carbocycles. The first-order valence-corrected chi connectivity index (χ1v) is 6.34. The molecule has 1 fully saturated rings. The molecule has 0 unspecified atom stereocenters. The molecule has 18 heavy (non-hydrogen) atoms. The molecule has 0 saturated heterocycles. The lowest BCUT2D eigenvalue weighted by Crippen LogP contribution is -2.29. The van der Waals surface area contributed by atoms with Crippen LogP contribution < -0.4 is 0 Å². The third-order valence-corrected chi connectivity index (χ3v) is 4.88. The summed E-state index contributed by atoms with van der Waals surface area (Å²) in [5.41, 5.74) is -2.29. The number of aliphatic carboxylic acids is 1. The van der Waals surface area contributed by atoms with Crippen LogP contribution in [0.1, 0.15) is 13.8 Å². The highest BCUT2D eigenvalue weighted by atomic mass is 79.9. The Bertz CT molecular complexity index is 356. The van der Waals surface area contributed by atoms with Gasteiger partial charge in [-0.1, -0.05) is 35.9 Å². The lowest BCUT2D eigenvalue weighted by atomic mass is 9.91. The van der Waals surface area contributed by atoms with Gasteiger partial charge in [-0.2, -0.15) is 0 Å². The van der Waals surface area contributed by atoms with E-state index >= 15 is 0 Å². The fourth-order valence-corrected chi connectivity index (χ4v) is 2.70. The average molecular weight is 329 g/mol. The highest BCUT2D eigenvalue weighted by molar-refractivity contribution is 9.11. The predicted molar refractivity (Wildman–Crippen MR) is 65.8 cm³/mol. The van der Waals surface area contributed by atoms with E-state index in [1.165, 1.54) is 6.08 Å². The third-order valence-electron chi connectivity index (χ3n) is 3.78. The molecule has 1 rings (SSSR count). The lowest BCUT2D eigenvalue weighted by molar-refractivity contribution is -0.139. The van der Waals surface area contributed by atoms with Gasteiger partial charge in [0.1, 0.15) is 20.0 Å². The van der Waals surface area contributed by atoms with Crippen LogP contribution in [0.5, 0.6) is 0 Å². The summed E-state index contributed by atoms with van der Waals surface area (Å²) in [5.74, 6) is -1.89. The van der Waals surface area contributed by atoms with Crippen LogP contribution >= 0.6 is 15.9 Å². The second-order valence-electron chi connectivity index (χ2n) is 5.36. The second kappa shape index (κ2) is 5.23. The zero-order chi connectivity index (χ0) is 14.1. The van der Waals surface area contributed by atoms with Gasteiger partial charge in [0.05, 0.1) is 11.3 Å². The van der Waals surface area contributed by atoms with Crippen molar-refractivity contribution in [3.8, 4) is 0 Å².